The van der Waals surface area contributed by atoms with E-state index in [1.807, 2.05) is 18.2 Å². The number of aromatic nitrogens is 4. The third-order valence-electron chi connectivity index (χ3n) is 4.77. The van der Waals surface area contributed by atoms with E-state index in [0.29, 0.717) is 28.0 Å². The number of hydrogen-bond donors (Lipinski definition) is 2. The fraction of sp³-hybridized carbons (Fsp3) is 0.0870. The van der Waals surface area contributed by atoms with E-state index in [1.54, 1.807) is 37.3 Å². The Morgan fingerprint density at radius 1 is 1.13 bits per heavy atom. The zero-order valence-electron chi connectivity index (χ0n) is 16.6. The Kier molecular flexibility index (Phi) is 5.16. The molecule has 2 aromatic heterocycles. The maximum atomic E-state index is 13.5. The first-order valence-electron chi connectivity index (χ1n) is 9.46. The number of nitrogens with zero attached hydrogens (tertiary/aromatic N) is 4. The standard InChI is InChI=1S/C23H18N6O2/c1-3-15-8-7-11-17-18(15)23(31)29(16-9-5-4-6-10-16)21(28-17)14(2)27-22(30)19-20(24)26-13-12-25-19/h1,4-14H,2H3,(H2,24,26)(H,27,30)/t14-/m1/s1. The molecule has 0 saturated carbocycles. The quantitative estimate of drug-likeness (QED) is 0.499. The van der Waals surface area contributed by atoms with Crippen LogP contribution in [0.2, 0.25) is 0 Å². The Bertz CT molecular complexity index is 1390. The summed E-state index contributed by atoms with van der Waals surface area (Å²) in [4.78, 5) is 38.8. The van der Waals surface area contributed by atoms with Crippen LogP contribution in [0.15, 0.2) is 65.7 Å². The summed E-state index contributed by atoms with van der Waals surface area (Å²) >= 11 is 0. The van der Waals surface area contributed by atoms with Gasteiger partial charge < -0.3 is 11.1 Å². The Hall–Kier alpha value is -4.51. The lowest BCUT2D eigenvalue weighted by molar-refractivity contribution is 0.0933. The van der Waals surface area contributed by atoms with E-state index in [9.17, 15) is 9.59 Å². The van der Waals surface area contributed by atoms with Crippen molar-refractivity contribution in [2.45, 2.75) is 13.0 Å². The van der Waals surface area contributed by atoms with Crippen molar-refractivity contribution in [2.75, 3.05) is 5.73 Å². The molecule has 2 aromatic carbocycles. The van der Waals surface area contributed by atoms with Gasteiger partial charge in [0.2, 0.25) is 0 Å². The minimum Gasteiger partial charge on any atom is -0.382 e. The van der Waals surface area contributed by atoms with E-state index >= 15 is 0 Å². The number of nitrogens with one attached hydrogen (secondary N) is 1. The third kappa shape index (κ3) is 3.60. The Balaban J connectivity index is 1.89. The number of carbonyl (C=O) groups excluding carboxylic acids is 1. The zero-order chi connectivity index (χ0) is 22.0. The van der Waals surface area contributed by atoms with Crippen LogP contribution in [0.5, 0.6) is 0 Å². The summed E-state index contributed by atoms with van der Waals surface area (Å²) in [5, 5.41) is 3.14. The third-order valence-corrected chi connectivity index (χ3v) is 4.77. The van der Waals surface area contributed by atoms with Gasteiger partial charge in [-0.15, -0.1) is 6.42 Å². The molecule has 1 atom stereocenters. The molecule has 0 fully saturated rings. The van der Waals surface area contributed by atoms with Gasteiger partial charge in [0, 0.05) is 18.0 Å². The average Bonchev–Trinajstić information content (AvgIpc) is 2.79. The molecule has 1 amide bonds. The van der Waals surface area contributed by atoms with Gasteiger partial charge in [0.15, 0.2) is 11.5 Å². The molecule has 2 heterocycles. The second kappa shape index (κ2) is 8.08. The zero-order valence-corrected chi connectivity index (χ0v) is 16.6. The highest BCUT2D eigenvalue weighted by Gasteiger charge is 2.22. The lowest BCUT2D eigenvalue weighted by Crippen LogP contribution is -2.34. The van der Waals surface area contributed by atoms with E-state index < -0.39 is 11.9 Å². The van der Waals surface area contributed by atoms with Gasteiger partial charge in [-0.05, 0) is 31.2 Å². The normalized spacial score (nSPS) is 11.6. The van der Waals surface area contributed by atoms with Crippen LogP contribution in [-0.4, -0.2) is 25.4 Å². The number of rotatable bonds is 4. The molecule has 0 saturated heterocycles. The van der Waals surface area contributed by atoms with E-state index in [1.165, 1.54) is 17.0 Å². The number of nitrogens with two attached hydrogens (primary N) is 1. The molecule has 8 heteroatoms. The number of benzene rings is 2. The van der Waals surface area contributed by atoms with Gasteiger partial charge >= 0.3 is 0 Å². The highest BCUT2D eigenvalue weighted by atomic mass is 16.2. The predicted octanol–water partition coefficient (Wildman–Crippen LogP) is 2.23. The van der Waals surface area contributed by atoms with Gasteiger partial charge in [-0.3, -0.25) is 14.2 Å². The molecule has 0 radical (unpaired) electrons. The molecule has 0 aliphatic heterocycles. The van der Waals surface area contributed by atoms with Gasteiger partial charge in [-0.2, -0.15) is 0 Å². The Labute approximate surface area is 177 Å². The average molecular weight is 410 g/mol. The molecule has 3 N–H and O–H groups in total. The van der Waals surface area contributed by atoms with E-state index in [-0.39, 0.29) is 17.1 Å². The van der Waals surface area contributed by atoms with Crippen molar-refractivity contribution in [1.82, 2.24) is 24.8 Å². The molecule has 4 rings (SSSR count). The minimum atomic E-state index is -0.652. The van der Waals surface area contributed by atoms with Crippen molar-refractivity contribution < 1.29 is 4.79 Å². The van der Waals surface area contributed by atoms with E-state index in [4.69, 9.17) is 12.2 Å². The lowest BCUT2D eigenvalue weighted by Gasteiger charge is -2.20. The summed E-state index contributed by atoms with van der Waals surface area (Å²) in [7, 11) is 0. The summed E-state index contributed by atoms with van der Waals surface area (Å²) in [5.41, 5.74) is 6.94. The first-order valence-corrected chi connectivity index (χ1v) is 9.46. The van der Waals surface area contributed by atoms with Gasteiger partial charge in [0.25, 0.3) is 11.5 Å². The largest absolute Gasteiger partial charge is 0.382 e. The summed E-state index contributed by atoms with van der Waals surface area (Å²) in [6.45, 7) is 1.72. The smallest absolute Gasteiger partial charge is 0.274 e. The second-order valence-electron chi connectivity index (χ2n) is 6.78. The van der Waals surface area contributed by atoms with Crippen molar-refractivity contribution in [2.24, 2.45) is 0 Å². The van der Waals surface area contributed by atoms with Crippen molar-refractivity contribution in [1.29, 1.82) is 0 Å². The Morgan fingerprint density at radius 2 is 1.87 bits per heavy atom. The fourth-order valence-corrected chi connectivity index (χ4v) is 3.34. The first kappa shape index (κ1) is 19.8. The lowest BCUT2D eigenvalue weighted by atomic mass is 10.1. The van der Waals surface area contributed by atoms with Gasteiger partial charge in [-0.1, -0.05) is 30.2 Å². The van der Waals surface area contributed by atoms with Crippen LogP contribution < -0.4 is 16.6 Å². The maximum absolute atomic E-state index is 13.5. The van der Waals surface area contributed by atoms with E-state index in [2.05, 4.69) is 26.2 Å². The second-order valence-corrected chi connectivity index (χ2v) is 6.78. The number of terminal acetylenes is 1. The number of hydrogen-bond acceptors (Lipinski definition) is 6. The molecule has 8 nitrogen and oxygen atoms in total. The number of fused-ring (bicyclic) bond motifs is 1. The highest BCUT2D eigenvalue weighted by molar-refractivity contribution is 5.96. The van der Waals surface area contributed by atoms with Crippen LogP contribution >= 0.6 is 0 Å². The Morgan fingerprint density at radius 3 is 2.58 bits per heavy atom. The monoisotopic (exact) mass is 410 g/mol. The fourth-order valence-electron chi connectivity index (χ4n) is 3.34. The first-order chi connectivity index (χ1) is 15.0. The summed E-state index contributed by atoms with van der Waals surface area (Å²) in [6.07, 6.45) is 8.39. The summed E-state index contributed by atoms with van der Waals surface area (Å²) in [5.74, 6) is 2.38. The van der Waals surface area contributed by atoms with Crippen LogP contribution in [0.25, 0.3) is 16.6 Å². The number of anilines is 1. The minimum absolute atomic E-state index is 0.00151. The topological polar surface area (TPSA) is 116 Å². The molecule has 31 heavy (non-hydrogen) atoms. The van der Waals surface area contributed by atoms with Gasteiger partial charge in [-0.25, -0.2) is 15.0 Å². The van der Waals surface area contributed by atoms with Crippen LogP contribution in [-0.2, 0) is 0 Å². The van der Waals surface area contributed by atoms with Gasteiger partial charge in [0.05, 0.1) is 22.6 Å². The molecule has 0 aliphatic carbocycles. The molecule has 0 unspecified atom stereocenters. The van der Waals surface area contributed by atoms with Crippen molar-refractivity contribution in [3.63, 3.8) is 0 Å². The molecular formula is C23H18N6O2. The van der Waals surface area contributed by atoms with Crippen LogP contribution in [0.1, 0.15) is 34.8 Å². The number of para-hydroxylation sites is 1. The van der Waals surface area contributed by atoms with Crippen LogP contribution in [0.3, 0.4) is 0 Å². The molecular weight excluding hydrogens is 392 g/mol. The molecule has 0 spiro atoms. The molecule has 0 aliphatic rings. The van der Waals surface area contributed by atoms with Gasteiger partial charge in [0.1, 0.15) is 5.82 Å². The number of nitrogen functional groups attached to an aromatic ring is 1. The maximum Gasteiger partial charge on any atom is 0.274 e. The van der Waals surface area contributed by atoms with Crippen LogP contribution in [0, 0.1) is 12.3 Å². The number of amides is 1. The van der Waals surface area contributed by atoms with Crippen molar-refractivity contribution in [3.8, 4) is 18.0 Å². The van der Waals surface area contributed by atoms with Crippen LogP contribution in [0.4, 0.5) is 5.82 Å². The molecule has 152 valence electrons. The molecule has 4 aromatic rings. The predicted molar refractivity (Wildman–Crippen MR) is 118 cm³/mol. The SMILES string of the molecule is C#Cc1cccc2nc([C@@H](C)NC(=O)c3nccnc3N)n(-c3ccccc3)c(=O)c12. The summed E-state index contributed by atoms with van der Waals surface area (Å²) < 4.78 is 1.45. The van der Waals surface area contributed by atoms with Crippen molar-refractivity contribution in [3.05, 3.63) is 88.4 Å². The number of carbonyl (C=O) groups is 1. The van der Waals surface area contributed by atoms with Crippen molar-refractivity contribution >= 4 is 22.6 Å². The molecule has 0 bridgehead atoms. The summed E-state index contributed by atoms with van der Waals surface area (Å²) in [6, 6.07) is 13.5. The van der Waals surface area contributed by atoms with E-state index in [0.717, 1.165) is 0 Å². The highest BCUT2D eigenvalue weighted by Crippen LogP contribution is 2.20.